The lowest BCUT2D eigenvalue weighted by molar-refractivity contribution is -0.386. The minimum absolute atomic E-state index is 0.0860. The van der Waals surface area contributed by atoms with Crippen LogP contribution < -0.4 is 10.1 Å². The van der Waals surface area contributed by atoms with Crippen molar-refractivity contribution in [3.05, 3.63) is 33.9 Å². The summed E-state index contributed by atoms with van der Waals surface area (Å²) in [4.78, 5) is 35.3. The van der Waals surface area contributed by atoms with Gasteiger partial charge in [0.25, 0.3) is 5.91 Å². The van der Waals surface area contributed by atoms with Crippen LogP contribution in [0.4, 0.5) is 10.5 Å². The van der Waals surface area contributed by atoms with Crippen LogP contribution >= 0.6 is 0 Å². The second-order valence-corrected chi connectivity index (χ2v) is 5.39. The number of nitro benzene ring substituents is 1. The first-order chi connectivity index (χ1) is 10.8. The topological polar surface area (TPSA) is 122 Å². The molecule has 23 heavy (non-hydrogen) atoms. The van der Waals surface area contributed by atoms with Gasteiger partial charge < -0.3 is 20.1 Å². The number of benzene rings is 1. The number of carbonyl (C=O) groups excluding carboxylic acids is 1. The molecule has 9 heteroatoms. The molecule has 1 aliphatic rings. The average molecular weight is 323 g/mol. The third kappa shape index (κ3) is 3.50. The maximum absolute atomic E-state index is 12.6. The summed E-state index contributed by atoms with van der Waals surface area (Å²) in [5.41, 5.74) is -0.215. The first-order valence-corrected chi connectivity index (χ1v) is 7.03. The lowest BCUT2D eigenvalue weighted by Gasteiger charge is -2.27. The second-order valence-electron chi connectivity index (χ2n) is 5.39. The smallest absolute Gasteiger partial charge is 0.404 e. The highest BCUT2D eigenvalue weighted by Gasteiger charge is 2.34. The Kier molecular flexibility index (Phi) is 4.68. The lowest BCUT2D eigenvalue weighted by Crippen LogP contribution is -2.45. The van der Waals surface area contributed by atoms with Gasteiger partial charge in [0.2, 0.25) is 5.75 Å². The molecule has 2 amide bonds. The number of nitro groups is 1. The molecule has 124 valence electrons. The Morgan fingerprint density at radius 2 is 2.26 bits per heavy atom. The molecule has 0 radical (unpaired) electrons. The molecular weight excluding hydrogens is 306 g/mol. The zero-order valence-electron chi connectivity index (χ0n) is 12.7. The molecule has 9 nitrogen and oxygen atoms in total. The number of amides is 2. The van der Waals surface area contributed by atoms with Crippen LogP contribution in [0.3, 0.4) is 0 Å². The Hall–Kier alpha value is -2.84. The number of rotatable bonds is 4. The summed E-state index contributed by atoms with van der Waals surface area (Å²) < 4.78 is 5.62. The van der Waals surface area contributed by atoms with Crippen molar-refractivity contribution in [1.82, 2.24) is 10.2 Å². The third-order valence-corrected chi connectivity index (χ3v) is 3.47. The summed E-state index contributed by atoms with van der Waals surface area (Å²) in [6.45, 7) is 3.66. The number of para-hydroxylation sites is 1. The number of hydrogen-bond donors (Lipinski definition) is 2. The molecule has 1 aromatic carbocycles. The van der Waals surface area contributed by atoms with Gasteiger partial charge in [0, 0.05) is 12.1 Å². The van der Waals surface area contributed by atoms with E-state index in [2.05, 4.69) is 5.32 Å². The molecule has 1 atom stereocenters. The molecule has 2 N–H and O–H groups in total. The maximum atomic E-state index is 12.6. The number of carboxylic acid groups (broad SMARTS) is 1. The van der Waals surface area contributed by atoms with E-state index >= 15 is 0 Å². The third-order valence-electron chi connectivity index (χ3n) is 3.47. The second kappa shape index (κ2) is 6.51. The number of ether oxygens (including phenoxy) is 1. The quantitative estimate of drug-likeness (QED) is 0.639. The van der Waals surface area contributed by atoms with Crippen molar-refractivity contribution in [3.8, 4) is 5.75 Å². The van der Waals surface area contributed by atoms with Crippen molar-refractivity contribution >= 4 is 17.7 Å². The molecule has 0 fully saturated rings. The summed E-state index contributed by atoms with van der Waals surface area (Å²) in [5.74, 6) is -0.501. The van der Waals surface area contributed by atoms with E-state index in [0.29, 0.717) is 0 Å². The minimum Gasteiger partial charge on any atom is -0.479 e. The summed E-state index contributed by atoms with van der Waals surface area (Å²) in [6, 6.07) is 3.97. The van der Waals surface area contributed by atoms with Crippen LogP contribution in [-0.2, 0) is 0 Å². The van der Waals surface area contributed by atoms with E-state index in [1.165, 1.54) is 23.1 Å². The summed E-state index contributed by atoms with van der Waals surface area (Å²) in [6.07, 6.45) is -1.96. The SMILES string of the molecule is CC(C)N1CC(CNC(=O)O)Oc2c(cccc2[N+](=O)[O-])C1=O. The van der Waals surface area contributed by atoms with Crippen LogP contribution in [0.2, 0.25) is 0 Å². The molecule has 1 aromatic rings. The van der Waals surface area contributed by atoms with Crippen molar-refractivity contribution in [2.75, 3.05) is 13.1 Å². The van der Waals surface area contributed by atoms with Gasteiger partial charge in [-0.2, -0.15) is 0 Å². The summed E-state index contributed by atoms with van der Waals surface area (Å²) in [5, 5.41) is 22.1. The van der Waals surface area contributed by atoms with Gasteiger partial charge in [-0.05, 0) is 19.9 Å². The standard InChI is InChI=1S/C14H17N3O6/c1-8(2)16-7-9(6-15-14(19)20)23-12-10(13(16)18)4-3-5-11(12)17(21)22/h3-5,8-9,15H,6-7H2,1-2H3,(H,19,20). The van der Waals surface area contributed by atoms with Gasteiger partial charge in [-0.25, -0.2) is 4.79 Å². The fraction of sp³-hybridized carbons (Fsp3) is 0.429. The van der Waals surface area contributed by atoms with E-state index in [0.717, 1.165) is 0 Å². The van der Waals surface area contributed by atoms with Crippen LogP contribution in [-0.4, -0.2) is 52.2 Å². The number of carbonyl (C=O) groups is 2. The first kappa shape index (κ1) is 16.5. The monoisotopic (exact) mass is 323 g/mol. The highest BCUT2D eigenvalue weighted by Crippen LogP contribution is 2.34. The average Bonchev–Trinajstić information content (AvgIpc) is 2.62. The Labute approximate surface area is 132 Å². The van der Waals surface area contributed by atoms with E-state index in [1.54, 1.807) is 0 Å². The number of nitrogens with one attached hydrogen (secondary N) is 1. The van der Waals surface area contributed by atoms with Crippen molar-refractivity contribution in [2.45, 2.75) is 26.0 Å². The van der Waals surface area contributed by atoms with Gasteiger partial charge >= 0.3 is 11.8 Å². The number of nitrogens with zero attached hydrogens (tertiary/aromatic N) is 2. The molecule has 0 saturated carbocycles. The molecule has 0 bridgehead atoms. The van der Waals surface area contributed by atoms with Crippen molar-refractivity contribution < 1.29 is 24.4 Å². The highest BCUT2D eigenvalue weighted by atomic mass is 16.6. The number of fused-ring (bicyclic) bond motifs is 1. The molecular formula is C14H17N3O6. The van der Waals surface area contributed by atoms with E-state index < -0.39 is 17.1 Å². The molecule has 2 rings (SSSR count). The fourth-order valence-electron chi connectivity index (χ4n) is 2.37. The van der Waals surface area contributed by atoms with Crippen molar-refractivity contribution in [2.24, 2.45) is 0 Å². The predicted molar refractivity (Wildman–Crippen MR) is 79.7 cm³/mol. The highest BCUT2D eigenvalue weighted by molar-refractivity contribution is 5.98. The van der Waals surface area contributed by atoms with Crippen molar-refractivity contribution in [1.29, 1.82) is 0 Å². The zero-order valence-corrected chi connectivity index (χ0v) is 12.7. The van der Waals surface area contributed by atoms with Crippen LogP contribution in [0, 0.1) is 10.1 Å². The Bertz CT molecular complexity index is 645. The zero-order chi connectivity index (χ0) is 17.1. The van der Waals surface area contributed by atoms with Crippen LogP contribution in [0.5, 0.6) is 5.75 Å². The van der Waals surface area contributed by atoms with Crippen molar-refractivity contribution in [3.63, 3.8) is 0 Å². The molecule has 1 heterocycles. The van der Waals surface area contributed by atoms with E-state index in [-0.39, 0.29) is 42.0 Å². The first-order valence-electron chi connectivity index (χ1n) is 7.03. The molecule has 0 saturated heterocycles. The van der Waals surface area contributed by atoms with Crippen LogP contribution in [0.25, 0.3) is 0 Å². The van der Waals surface area contributed by atoms with Gasteiger partial charge in [0.15, 0.2) is 0 Å². The van der Waals surface area contributed by atoms with Gasteiger partial charge in [-0.15, -0.1) is 0 Å². The molecule has 1 aliphatic heterocycles. The summed E-state index contributed by atoms with van der Waals surface area (Å²) >= 11 is 0. The Balaban J connectivity index is 2.46. The maximum Gasteiger partial charge on any atom is 0.404 e. The largest absolute Gasteiger partial charge is 0.479 e. The van der Waals surface area contributed by atoms with Crippen LogP contribution in [0.15, 0.2) is 18.2 Å². The van der Waals surface area contributed by atoms with Gasteiger partial charge in [-0.1, -0.05) is 6.07 Å². The van der Waals surface area contributed by atoms with E-state index in [4.69, 9.17) is 9.84 Å². The number of hydrogen-bond acceptors (Lipinski definition) is 5. The molecule has 0 spiro atoms. The normalized spacial score (nSPS) is 17.3. The van der Waals surface area contributed by atoms with Gasteiger partial charge in [0.1, 0.15) is 6.10 Å². The fourth-order valence-corrected chi connectivity index (χ4v) is 2.37. The molecule has 1 unspecified atom stereocenters. The Morgan fingerprint density at radius 3 is 2.83 bits per heavy atom. The van der Waals surface area contributed by atoms with E-state index in [1.807, 2.05) is 13.8 Å². The Morgan fingerprint density at radius 1 is 1.57 bits per heavy atom. The molecule has 0 aromatic heterocycles. The van der Waals surface area contributed by atoms with E-state index in [9.17, 15) is 19.7 Å². The van der Waals surface area contributed by atoms with Crippen LogP contribution in [0.1, 0.15) is 24.2 Å². The minimum atomic E-state index is -1.23. The van der Waals surface area contributed by atoms with Gasteiger partial charge in [-0.3, -0.25) is 14.9 Å². The predicted octanol–water partition coefficient (Wildman–Crippen LogP) is 1.47. The van der Waals surface area contributed by atoms with Gasteiger partial charge in [0.05, 0.1) is 23.6 Å². The summed E-state index contributed by atoms with van der Waals surface area (Å²) in [7, 11) is 0. The lowest BCUT2D eigenvalue weighted by atomic mass is 10.1. The molecule has 0 aliphatic carbocycles.